The quantitative estimate of drug-likeness (QED) is 0.882. The molecule has 0 radical (unpaired) electrons. The Bertz CT molecular complexity index is 389. The van der Waals surface area contributed by atoms with Gasteiger partial charge in [-0.2, -0.15) is 5.26 Å². The van der Waals surface area contributed by atoms with Crippen molar-refractivity contribution < 1.29 is 5.11 Å². The molecule has 0 bridgehead atoms. The van der Waals surface area contributed by atoms with Crippen molar-refractivity contribution in [2.75, 3.05) is 6.61 Å². The topological polar surface area (TPSA) is 49.0 Å². The SMILES string of the molecule is CCC[C@H](CCO)n1c(C#N)cc(Br)c1Br. The molecule has 0 aliphatic heterocycles. The van der Waals surface area contributed by atoms with Crippen LogP contribution < -0.4 is 0 Å². The summed E-state index contributed by atoms with van der Waals surface area (Å²) < 4.78 is 3.70. The summed E-state index contributed by atoms with van der Waals surface area (Å²) in [5.41, 5.74) is 0.616. The largest absolute Gasteiger partial charge is 0.396 e. The molecule has 0 spiro atoms. The molecule has 3 nitrogen and oxygen atoms in total. The molecule has 1 aromatic heterocycles. The van der Waals surface area contributed by atoms with Gasteiger partial charge in [-0.15, -0.1) is 0 Å². The number of rotatable bonds is 5. The van der Waals surface area contributed by atoms with Crippen LogP contribution in [0, 0.1) is 11.3 Å². The van der Waals surface area contributed by atoms with Crippen LogP contribution in [0.4, 0.5) is 0 Å². The second-order valence-corrected chi connectivity index (χ2v) is 5.21. The fourth-order valence-corrected chi connectivity index (χ4v) is 2.80. The zero-order valence-corrected chi connectivity index (χ0v) is 12.3. The lowest BCUT2D eigenvalue weighted by Crippen LogP contribution is -2.12. The average molecular weight is 350 g/mol. The van der Waals surface area contributed by atoms with Crippen LogP contribution >= 0.6 is 31.9 Å². The van der Waals surface area contributed by atoms with E-state index in [1.807, 2.05) is 4.57 Å². The summed E-state index contributed by atoms with van der Waals surface area (Å²) in [5.74, 6) is 0. The van der Waals surface area contributed by atoms with Crippen LogP contribution in [-0.2, 0) is 0 Å². The smallest absolute Gasteiger partial charge is 0.122 e. The molecule has 0 fully saturated rings. The number of hydrogen-bond acceptors (Lipinski definition) is 2. The van der Waals surface area contributed by atoms with E-state index >= 15 is 0 Å². The molecule has 1 N–H and O–H groups in total. The van der Waals surface area contributed by atoms with Gasteiger partial charge < -0.3 is 9.67 Å². The lowest BCUT2D eigenvalue weighted by molar-refractivity contribution is 0.250. The first-order valence-corrected chi connectivity index (χ1v) is 6.81. The number of aliphatic hydroxyl groups excluding tert-OH is 1. The Labute approximate surface area is 112 Å². The highest BCUT2D eigenvalue weighted by Gasteiger charge is 2.18. The van der Waals surface area contributed by atoms with Gasteiger partial charge in [0.25, 0.3) is 0 Å². The standard InChI is InChI=1S/C11H14Br2N2O/c1-2-3-8(4-5-16)15-9(7-14)6-10(12)11(15)13/h6,8,16H,2-5H2,1H3/t8-/m1/s1. The van der Waals surface area contributed by atoms with Gasteiger partial charge in [-0.25, -0.2) is 0 Å². The van der Waals surface area contributed by atoms with Gasteiger partial charge in [0.15, 0.2) is 0 Å². The van der Waals surface area contributed by atoms with Gasteiger partial charge in [-0.1, -0.05) is 13.3 Å². The molecule has 1 rings (SSSR count). The van der Waals surface area contributed by atoms with E-state index in [2.05, 4.69) is 44.9 Å². The maximum atomic E-state index is 9.07. The molecule has 0 aliphatic rings. The molecular weight excluding hydrogens is 336 g/mol. The Balaban J connectivity index is 3.12. The van der Waals surface area contributed by atoms with Crippen LogP contribution in [0.15, 0.2) is 15.1 Å². The number of hydrogen-bond donors (Lipinski definition) is 1. The van der Waals surface area contributed by atoms with Crippen LogP contribution in [0.2, 0.25) is 0 Å². The summed E-state index contributed by atoms with van der Waals surface area (Å²) in [6.45, 7) is 2.24. The van der Waals surface area contributed by atoms with Gasteiger partial charge in [0, 0.05) is 12.6 Å². The highest BCUT2D eigenvalue weighted by molar-refractivity contribution is 9.13. The van der Waals surface area contributed by atoms with Crippen molar-refractivity contribution in [1.29, 1.82) is 5.26 Å². The van der Waals surface area contributed by atoms with Gasteiger partial charge in [0.05, 0.1) is 4.47 Å². The molecule has 1 atom stereocenters. The van der Waals surface area contributed by atoms with Crippen molar-refractivity contribution in [1.82, 2.24) is 4.57 Å². The molecule has 88 valence electrons. The molecule has 5 heteroatoms. The van der Waals surface area contributed by atoms with Crippen molar-refractivity contribution in [3.63, 3.8) is 0 Å². The number of nitriles is 1. The van der Waals surface area contributed by atoms with E-state index in [1.165, 1.54) is 0 Å². The second-order valence-electron chi connectivity index (χ2n) is 3.60. The van der Waals surface area contributed by atoms with E-state index in [0.29, 0.717) is 12.1 Å². The minimum Gasteiger partial charge on any atom is -0.396 e. The molecule has 0 saturated carbocycles. The summed E-state index contributed by atoms with van der Waals surface area (Å²) in [4.78, 5) is 0. The van der Waals surface area contributed by atoms with Crippen molar-refractivity contribution in [3.05, 3.63) is 20.8 Å². The predicted octanol–water partition coefficient (Wildman–Crippen LogP) is 3.61. The van der Waals surface area contributed by atoms with Gasteiger partial charge in [-0.3, -0.25) is 0 Å². The Hall–Kier alpha value is -0.310. The van der Waals surface area contributed by atoms with Crippen LogP contribution in [0.25, 0.3) is 0 Å². The lowest BCUT2D eigenvalue weighted by Gasteiger charge is -2.19. The van der Waals surface area contributed by atoms with E-state index in [1.54, 1.807) is 6.07 Å². The van der Waals surface area contributed by atoms with Gasteiger partial charge in [-0.05, 0) is 50.8 Å². The van der Waals surface area contributed by atoms with Crippen LogP contribution in [0.1, 0.15) is 37.9 Å². The van der Waals surface area contributed by atoms with E-state index in [0.717, 1.165) is 21.9 Å². The van der Waals surface area contributed by atoms with Crippen molar-refractivity contribution in [3.8, 4) is 6.07 Å². The Morgan fingerprint density at radius 2 is 2.19 bits per heavy atom. The molecule has 0 aliphatic carbocycles. The molecule has 16 heavy (non-hydrogen) atoms. The monoisotopic (exact) mass is 348 g/mol. The van der Waals surface area contributed by atoms with Crippen molar-refractivity contribution in [2.45, 2.75) is 32.2 Å². The second kappa shape index (κ2) is 6.43. The molecule has 0 unspecified atom stereocenters. The first kappa shape index (κ1) is 13.8. The average Bonchev–Trinajstić information content (AvgIpc) is 2.55. The van der Waals surface area contributed by atoms with E-state index in [4.69, 9.17) is 10.4 Å². The van der Waals surface area contributed by atoms with E-state index in [-0.39, 0.29) is 12.6 Å². The number of halogens is 2. The van der Waals surface area contributed by atoms with Crippen LogP contribution in [-0.4, -0.2) is 16.3 Å². The third-order valence-electron chi connectivity index (χ3n) is 2.50. The molecule has 0 saturated heterocycles. The van der Waals surface area contributed by atoms with Crippen LogP contribution in [0.3, 0.4) is 0 Å². The minimum absolute atomic E-state index is 0.137. The maximum Gasteiger partial charge on any atom is 0.122 e. The Kier molecular flexibility index (Phi) is 5.53. The van der Waals surface area contributed by atoms with E-state index < -0.39 is 0 Å². The van der Waals surface area contributed by atoms with Crippen molar-refractivity contribution in [2.24, 2.45) is 0 Å². The first-order valence-electron chi connectivity index (χ1n) is 5.22. The molecule has 1 heterocycles. The fourth-order valence-electron chi connectivity index (χ4n) is 1.80. The van der Waals surface area contributed by atoms with Crippen LogP contribution in [0.5, 0.6) is 0 Å². The van der Waals surface area contributed by atoms with Crippen molar-refractivity contribution >= 4 is 31.9 Å². The summed E-state index contributed by atoms with van der Waals surface area (Å²) in [5, 5.41) is 18.1. The predicted molar refractivity (Wildman–Crippen MR) is 70.2 cm³/mol. The zero-order valence-electron chi connectivity index (χ0n) is 9.08. The summed E-state index contributed by atoms with van der Waals surface area (Å²) >= 11 is 6.86. The third kappa shape index (κ3) is 2.88. The Morgan fingerprint density at radius 1 is 1.50 bits per heavy atom. The summed E-state index contributed by atoms with van der Waals surface area (Å²) in [6.07, 6.45) is 2.65. The van der Waals surface area contributed by atoms with E-state index in [9.17, 15) is 0 Å². The number of nitrogens with zero attached hydrogens (tertiary/aromatic N) is 2. The highest BCUT2D eigenvalue weighted by atomic mass is 79.9. The minimum atomic E-state index is 0.137. The first-order chi connectivity index (χ1) is 7.65. The number of aromatic nitrogens is 1. The summed E-state index contributed by atoms with van der Waals surface area (Å²) in [7, 11) is 0. The molecule has 0 amide bonds. The zero-order chi connectivity index (χ0) is 12.1. The lowest BCUT2D eigenvalue weighted by atomic mass is 10.1. The Morgan fingerprint density at radius 3 is 2.69 bits per heavy atom. The van der Waals surface area contributed by atoms with Gasteiger partial charge in [0.1, 0.15) is 16.4 Å². The molecule has 1 aromatic rings. The normalized spacial score (nSPS) is 12.4. The van der Waals surface area contributed by atoms with Gasteiger partial charge in [0.2, 0.25) is 0 Å². The number of aliphatic hydroxyl groups is 1. The highest BCUT2D eigenvalue weighted by Crippen LogP contribution is 2.33. The molecule has 0 aromatic carbocycles. The van der Waals surface area contributed by atoms with Gasteiger partial charge >= 0.3 is 0 Å². The summed E-state index contributed by atoms with van der Waals surface area (Å²) in [6, 6.07) is 4.14. The third-order valence-corrected chi connectivity index (χ3v) is 4.44. The fraction of sp³-hybridized carbons (Fsp3) is 0.545. The maximum absolute atomic E-state index is 9.07. The molecular formula is C11H14Br2N2O.